The van der Waals surface area contributed by atoms with Gasteiger partial charge in [0.05, 0.1) is 5.56 Å². The standard InChI is InChI=1S/C15H23N3O/c1-15(2)8-5-9-17-13(15)10-18-12-7-4-3-6-11(12)14(16)19/h3-4,6-7,13,17-18H,5,8-10H2,1-2H3,(H2,16,19). The van der Waals surface area contributed by atoms with E-state index in [2.05, 4.69) is 24.5 Å². The van der Waals surface area contributed by atoms with Crippen LogP contribution in [0.4, 0.5) is 5.69 Å². The summed E-state index contributed by atoms with van der Waals surface area (Å²) in [6.07, 6.45) is 2.45. The number of carbonyl (C=O) groups excluding carboxylic acids is 1. The Hall–Kier alpha value is -1.55. The molecule has 1 aromatic rings. The van der Waals surface area contributed by atoms with Gasteiger partial charge in [0.25, 0.3) is 5.91 Å². The number of benzene rings is 1. The molecule has 0 radical (unpaired) electrons. The smallest absolute Gasteiger partial charge is 0.250 e. The molecule has 4 N–H and O–H groups in total. The van der Waals surface area contributed by atoms with Gasteiger partial charge in [-0.25, -0.2) is 0 Å². The molecule has 2 rings (SSSR count). The van der Waals surface area contributed by atoms with E-state index >= 15 is 0 Å². The lowest BCUT2D eigenvalue weighted by atomic mass is 9.77. The minimum atomic E-state index is -0.390. The summed E-state index contributed by atoms with van der Waals surface area (Å²) in [4.78, 5) is 11.4. The summed E-state index contributed by atoms with van der Waals surface area (Å²) in [6.45, 7) is 6.43. The van der Waals surface area contributed by atoms with Gasteiger partial charge in [-0.3, -0.25) is 4.79 Å². The minimum Gasteiger partial charge on any atom is -0.383 e. The molecule has 1 atom stereocenters. The van der Waals surface area contributed by atoms with Crippen molar-refractivity contribution in [1.82, 2.24) is 5.32 Å². The van der Waals surface area contributed by atoms with Crippen LogP contribution in [0.15, 0.2) is 24.3 Å². The van der Waals surface area contributed by atoms with Crippen molar-refractivity contribution in [1.29, 1.82) is 0 Å². The molecule has 0 saturated carbocycles. The van der Waals surface area contributed by atoms with Gasteiger partial charge in [-0.15, -0.1) is 0 Å². The van der Waals surface area contributed by atoms with E-state index in [4.69, 9.17) is 5.73 Å². The zero-order valence-corrected chi connectivity index (χ0v) is 11.7. The van der Waals surface area contributed by atoms with Crippen LogP contribution in [0.5, 0.6) is 0 Å². The number of hydrogen-bond donors (Lipinski definition) is 3. The van der Waals surface area contributed by atoms with Crippen LogP contribution in [0, 0.1) is 5.41 Å². The van der Waals surface area contributed by atoms with Crippen molar-refractivity contribution in [3.05, 3.63) is 29.8 Å². The predicted molar refractivity (Wildman–Crippen MR) is 78.3 cm³/mol. The molecule has 1 aromatic carbocycles. The number of nitrogens with two attached hydrogens (primary N) is 1. The first-order valence-corrected chi connectivity index (χ1v) is 6.87. The van der Waals surface area contributed by atoms with Crippen LogP contribution >= 0.6 is 0 Å². The van der Waals surface area contributed by atoms with E-state index in [9.17, 15) is 4.79 Å². The van der Waals surface area contributed by atoms with Gasteiger partial charge in [0.15, 0.2) is 0 Å². The third kappa shape index (κ3) is 3.26. The number of primary amides is 1. The molecular formula is C15H23N3O. The number of hydrogen-bond acceptors (Lipinski definition) is 3. The maximum Gasteiger partial charge on any atom is 0.250 e. The highest BCUT2D eigenvalue weighted by Crippen LogP contribution is 2.30. The van der Waals surface area contributed by atoms with Gasteiger partial charge < -0.3 is 16.4 Å². The zero-order chi connectivity index (χ0) is 13.9. The molecule has 19 heavy (non-hydrogen) atoms. The summed E-state index contributed by atoms with van der Waals surface area (Å²) in [5.74, 6) is -0.390. The largest absolute Gasteiger partial charge is 0.383 e. The van der Waals surface area contributed by atoms with Crippen molar-refractivity contribution >= 4 is 11.6 Å². The second-order valence-corrected chi connectivity index (χ2v) is 5.89. The average molecular weight is 261 g/mol. The lowest BCUT2D eigenvalue weighted by Gasteiger charge is -2.39. The Morgan fingerprint density at radius 3 is 2.89 bits per heavy atom. The van der Waals surface area contributed by atoms with Crippen LogP contribution in [0.1, 0.15) is 37.0 Å². The first-order chi connectivity index (χ1) is 9.00. The highest BCUT2D eigenvalue weighted by Gasteiger charge is 2.31. The number of amides is 1. The average Bonchev–Trinajstić information content (AvgIpc) is 2.37. The molecule has 0 aliphatic carbocycles. The summed E-state index contributed by atoms with van der Waals surface area (Å²) in [7, 11) is 0. The zero-order valence-electron chi connectivity index (χ0n) is 11.7. The van der Waals surface area contributed by atoms with E-state index in [0.29, 0.717) is 11.6 Å². The van der Waals surface area contributed by atoms with Crippen molar-refractivity contribution in [3.63, 3.8) is 0 Å². The molecule has 1 saturated heterocycles. The molecule has 1 unspecified atom stereocenters. The lowest BCUT2D eigenvalue weighted by molar-refractivity contribution is 0.100. The van der Waals surface area contributed by atoms with Crippen LogP contribution < -0.4 is 16.4 Å². The van der Waals surface area contributed by atoms with Gasteiger partial charge in [0.1, 0.15) is 0 Å². The van der Waals surface area contributed by atoms with Gasteiger partial charge >= 0.3 is 0 Å². The Morgan fingerprint density at radius 1 is 1.47 bits per heavy atom. The van der Waals surface area contributed by atoms with Crippen LogP contribution in [0.25, 0.3) is 0 Å². The normalized spacial score (nSPS) is 21.9. The molecule has 1 amide bonds. The number of carbonyl (C=O) groups is 1. The number of rotatable bonds is 4. The fraction of sp³-hybridized carbons (Fsp3) is 0.533. The summed E-state index contributed by atoms with van der Waals surface area (Å²) in [5, 5.41) is 6.91. The second-order valence-electron chi connectivity index (χ2n) is 5.89. The SMILES string of the molecule is CC1(C)CCCNC1CNc1ccccc1C(N)=O. The quantitative estimate of drug-likeness (QED) is 0.776. The molecule has 0 bridgehead atoms. The first-order valence-electron chi connectivity index (χ1n) is 6.87. The fourth-order valence-corrected chi connectivity index (χ4v) is 2.68. The fourth-order valence-electron chi connectivity index (χ4n) is 2.68. The van der Waals surface area contributed by atoms with Crippen molar-refractivity contribution in [2.24, 2.45) is 11.1 Å². The van der Waals surface area contributed by atoms with Crippen LogP contribution in [-0.2, 0) is 0 Å². The Balaban J connectivity index is 2.04. The summed E-state index contributed by atoms with van der Waals surface area (Å²) in [5.41, 5.74) is 7.02. The van der Waals surface area contributed by atoms with Crippen molar-refractivity contribution in [3.8, 4) is 0 Å². The van der Waals surface area contributed by atoms with Gasteiger partial charge in [-0.05, 0) is 36.9 Å². The highest BCUT2D eigenvalue weighted by molar-refractivity contribution is 5.98. The van der Waals surface area contributed by atoms with Crippen molar-refractivity contribution in [2.75, 3.05) is 18.4 Å². The third-order valence-electron chi connectivity index (χ3n) is 4.02. The summed E-state index contributed by atoms with van der Waals surface area (Å²) < 4.78 is 0. The maximum absolute atomic E-state index is 11.4. The number of nitrogens with one attached hydrogen (secondary N) is 2. The highest BCUT2D eigenvalue weighted by atomic mass is 16.1. The van der Waals surface area contributed by atoms with E-state index in [-0.39, 0.29) is 11.3 Å². The Kier molecular flexibility index (Phi) is 4.10. The minimum absolute atomic E-state index is 0.271. The molecule has 1 fully saturated rings. The molecule has 0 spiro atoms. The summed E-state index contributed by atoms with van der Waals surface area (Å²) in [6, 6.07) is 7.80. The molecule has 0 aromatic heterocycles. The topological polar surface area (TPSA) is 67.2 Å². The second kappa shape index (κ2) is 5.61. The van der Waals surface area contributed by atoms with E-state index in [1.807, 2.05) is 18.2 Å². The Labute approximate surface area is 114 Å². The Morgan fingerprint density at radius 2 is 2.21 bits per heavy atom. The van der Waals surface area contributed by atoms with Crippen LogP contribution in [0.2, 0.25) is 0 Å². The molecule has 1 aliphatic rings. The van der Waals surface area contributed by atoms with Crippen molar-refractivity contribution in [2.45, 2.75) is 32.7 Å². The first kappa shape index (κ1) is 13.9. The monoisotopic (exact) mass is 261 g/mol. The van der Waals surface area contributed by atoms with Gasteiger partial charge in [-0.1, -0.05) is 26.0 Å². The molecule has 4 nitrogen and oxygen atoms in total. The van der Waals surface area contributed by atoms with Gasteiger partial charge in [0, 0.05) is 18.3 Å². The predicted octanol–water partition coefficient (Wildman–Crippen LogP) is 1.98. The molecular weight excluding hydrogens is 238 g/mol. The number of anilines is 1. The van der Waals surface area contributed by atoms with Gasteiger partial charge in [-0.2, -0.15) is 0 Å². The summed E-state index contributed by atoms with van der Waals surface area (Å²) >= 11 is 0. The van der Waals surface area contributed by atoms with E-state index in [1.54, 1.807) is 6.07 Å². The molecule has 4 heteroatoms. The number of piperidine rings is 1. The van der Waals surface area contributed by atoms with Crippen LogP contribution in [-0.4, -0.2) is 25.0 Å². The Bertz CT molecular complexity index is 456. The lowest BCUT2D eigenvalue weighted by Crippen LogP contribution is -2.50. The molecule has 1 heterocycles. The van der Waals surface area contributed by atoms with Gasteiger partial charge in [0.2, 0.25) is 0 Å². The molecule has 1 aliphatic heterocycles. The van der Waals surface area contributed by atoms with E-state index in [0.717, 1.165) is 18.8 Å². The van der Waals surface area contributed by atoms with E-state index in [1.165, 1.54) is 12.8 Å². The van der Waals surface area contributed by atoms with Crippen molar-refractivity contribution < 1.29 is 4.79 Å². The van der Waals surface area contributed by atoms with Crippen LogP contribution in [0.3, 0.4) is 0 Å². The van der Waals surface area contributed by atoms with E-state index < -0.39 is 0 Å². The molecule has 104 valence electrons. The number of para-hydroxylation sites is 1. The third-order valence-corrected chi connectivity index (χ3v) is 4.02. The maximum atomic E-state index is 11.4.